The predicted octanol–water partition coefficient (Wildman–Crippen LogP) is 4.01. The van der Waals surface area contributed by atoms with Gasteiger partial charge in [0.15, 0.2) is 0 Å². The van der Waals surface area contributed by atoms with Crippen LogP contribution in [0.1, 0.15) is 25.0 Å². The lowest BCUT2D eigenvalue weighted by Gasteiger charge is -2.11. The van der Waals surface area contributed by atoms with Crippen molar-refractivity contribution in [2.75, 3.05) is 13.2 Å². The number of isocyanates is 2. The fourth-order valence-electron chi connectivity index (χ4n) is 2.40. The normalized spacial score (nSPS) is 9.68. The Labute approximate surface area is 145 Å². The molecule has 0 amide bonds. The molecule has 0 radical (unpaired) electrons. The molecule has 6 nitrogen and oxygen atoms in total. The zero-order valence-electron chi connectivity index (χ0n) is 14.1. The molecule has 0 bridgehead atoms. The van der Waals surface area contributed by atoms with E-state index in [-0.39, 0.29) is 0 Å². The fourth-order valence-corrected chi connectivity index (χ4v) is 2.40. The van der Waals surface area contributed by atoms with Crippen LogP contribution in [0.25, 0.3) is 0 Å². The highest BCUT2D eigenvalue weighted by molar-refractivity contribution is 5.60. The third-order valence-electron chi connectivity index (χ3n) is 3.39. The van der Waals surface area contributed by atoms with E-state index in [4.69, 9.17) is 9.47 Å². The first-order valence-electron chi connectivity index (χ1n) is 7.89. The average Bonchev–Trinajstić information content (AvgIpc) is 2.60. The lowest BCUT2D eigenvalue weighted by molar-refractivity contribution is 0.341. The summed E-state index contributed by atoms with van der Waals surface area (Å²) in [5.74, 6) is 1.08. The highest BCUT2D eigenvalue weighted by Crippen LogP contribution is 2.32. The molecule has 0 atom stereocenters. The van der Waals surface area contributed by atoms with Gasteiger partial charge < -0.3 is 9.47 Å². The van der Waals surface area contributed by atoms with E-state index in [9.17, 15) is 9.59 Å². The van der Waals surface area contributed by atoms with Crippen LogP contribution in [0.3, 0.4) is 0 Å². The quantitative estimate of drug-likeness (QED) is 0.538. The Bertz CT molecular complexity index is 766. The van der Waals surface area contributed by atoms with Crippen molar-refractivity contribution >= 4 is 23.5 Å². The van der Waals surface area contributed by atoms with E-state index in [1.54, 1.807) is 12.1 Å². The molecule has 0 aliphatic heterocycles. The van der Waals surface area contributed by atoms with Gasteiger partial charge in [-0.3, -0.25) is 0 Å². The van der Waals surface area contributed by atoms with E-state index >= 15 is 0 Å². The summed E-state index contributed by atoms with van der Waals surface area (Å²) in [6.45, 7) is 4.67. The van der Waals surface area contributed by atoms with Crippen LogP contribution in [-0.2, 0) is 16.0 Å². The minimum Gasteiger partial charge on any atom is -0.492 e. The number of hydrogen-bond acceptors (Lipinski definition) is 6. The Morgan fingerprint density at radius 1 is 0.800 bits per heavy atom. The fraction of sp³-hybridized carbons (Fsp3) is 0.263. The van der Waals surface area contributed by atoms with E-state index in [0.29, 0.717) is 42.5 Å². The summed E-state index contributed by atoms with van der Waals surface area (Å²) in [5, 5.41) is 0. The van der Waals surface area contributed by atoms with Gasteiger partial charge in [0.2, 0.25) is 12.2 Å². The molecule has 2 aromatic rings. The van der Waals surface area contributed by atoms with Crippen LogP contribution in [0.2, 0.25) is 0 Å². The number of rotatable bonds is 8. The van der Waals surface area contributed by atoms with Crippen molar-refractivity contribution in [3.63, 3.8) is 0 Å². The number of aliphatic imine (C=N–C) groups is 2. The maximum atomic E-state index is 10.5. The van der Waals surface area contributed by atoms with Crippen LogP contribution in [-0.4, -0.2) is 25.4 Å². The lowest BCUT2D eigenvalue weighted by atomic mass is 10.0. The molecule has 2 aromatic carbocycles. The Hall–Kier alpha value is -3.20. The number of benzene rings is 2. The van der Waals surface area contributed by atoms with Gasteiger partial charge in [-0.1, -0.05) is 12.1 Å². The van der Waals surface area contributed by atoms with Crippen LogP contribution in [0.5, 0.6) is 11.5 Å². The summed E-state index contributed by atoms with van der Waals surface area (Å²) in [6.07, 6.45) is 3.68. The highest BCUT2D eigenvalue weighted by atomic mass is 16.5. The van der Waals surface area contributed by atoms with Crippen LogP contribution in [0.4, 0.5) is 11.4 Å². The molecule has 0 aliphatic rings. The molecule has 0 N–H and O–H groups in total. The second-order valence-electron chi connectivity index (χ2n) is 5.05. The molecule has 0 saturated heterocycles. The van der Waals surface area contributed by atoms with Crippen LogP contribution in [0, 0.1) is 0 Å². The minimum absolute atomic E-state index is 0.450. The second kappa shape index (κ2) is 9.18. The lowest BCUT2D eigenvalue weighted by Crippen LogP contribution is -1.96. The summed E-state index contributed by atoms with van der Waals surface area (Å²) >= 11 is 0. The molecule has 0 spiro atoms. The summed E-state index contributed by atoms with van der Waals surface area (Å²) in [7, 11) is 0. The predicted molar refractivity (Wildman–Crippen MR) is 93.6 cm³/mol. The standard InChI is InChI=1S/C19H18N2O4/c1-3-24-18-10-14(5-7-16(18)20-12-22)9-15-6-8-17(21-13-23)19(11-15)25-4-2/h5-8,10-11H,3-4,9H2,1-2H3. The van der Waals surface area contributed by atoms with Crippen LogP contribution in [0.15, 0.2) is 46.4 Å². The Morgan fingerprint density at radius 2 is 1.24 bits per heavy atom. The highest BCUT2D eigenvalue weighted by Gasteiger charge is 2.08. The monoisotopic (exact) mass is 338 g/mol. The zero-order valence-corrected chi connectivity index (χ0v) is 14.1. The Morgan fingerprint density at radius 3 is 1.60 bits per heavy atom. The van der Waals surface area contributed by atoms with Crippen molar-refractivity contribution in [3.8, 4) is 11.5 Å². The van der Waals surface area contributed by atoms with E-state index in [1.165, 1.54) is 12.2 Å². The smallest absolute Gasteiger partial charge is 0.240 e. The van der Waals surface area contributed by atoms with Crippen molar-refractivity contribution < 1.29 is 19.1 Å². The number of hydrogen-bond donors (Lipinski definition) is 0. The second-order valence-corrected chi connectivity index (χ2v) is 5.05. The van der Waals surface area contributed by atoms with E-state index in [0.717, 1.165) is 11.1 Å². The molecule has 0 unspecified atom stereocenters. The molecule has 25 heavy (non-hydrogen) atoms. The van der Waals surface area contributed by atoms with Crippen molar-refractivity contribution in [2.45, 2.75) is 20.3 Å². The van der Waals surface area contributed by atoms with Gasteiger partial charge in [0.1, 0.15) is 22.9 Å². The van der Waals surface area contributed by atoms with E-state index < -0.39 is 0 Å². The number of nitrogens with zero attached hydrogens (tertiary/aromatic N) is 2. The SMILES string of the molecule is CCOc1cc(Cc2ccc(N=C=O)c(OCC)c2)ccc1N=C=O. The molecule has 0 fully saturated rings. The molecule has 0 aliphatic carbocycles. The molecule has 6 heteroatoms. The van der Waals surface area contributed by atoms with Gasteiger partial charge >= 0.3 is 0 Å². The van der Waals surface area contributed by atoms with Gasteiger partial charge in [0.05, 0.1) is 13.2 Å². The van der Waals surface area contributed by atoms with Crippen LogP contribution >= 0.6 is 0 Å². The van der Waals surface area contributed by atoms with E-state index in [1.807, 2.05) is 38.1 Å². The third kappa shape index (κ3) is 4.88. The van der Waals surface area contributed by atoms with Gasteiger partial charge in [0.25, 0.3) is 0 Å². The molecular weight excluding hydrogens is 320 g/mol. The van der Waals surface area contributed by atoms with Crippen molar-refractivity contribution in [2.24, 2.45) is 9.98 Å². The van der Waals surface area contributed by atoms with Crippen molar-refractivity contribution in [1.29, 1.82) is 0 Å². The summed E-state index contributed by atoms with van der Waals surface area (Å²) in [6, 6.07) is 10.9. The Kier molecular flexibility index (Phi) is 6.66. The maximum absolute atomic E-state index is 10.5. The van der Waals surface area contributed by atoms with E-state index in [2.05, 4.69) is 9.98 Å². The Balaban J connectivity index is 2.32. The van der Waals surface area contributed by atoms with Gasteiger partial charge in [0, 0.05) is 0 Å². The van der Waals surface area contributed by atoms with Crippen molar-refractivity contribution in [1.82, 2.24) is 0 Å². The average molecular weight is 338 g/mol. The molecule has 0 heterocycles. The number of ether oxygens (including phenoxy) is 2. The van der Waals surface area contributed by atoms with Crippen LogP contribution < -0.4 is 9.47 Å². The van der Waals surface area contributed by atoms with Gasteiger partial charge in [-0.2, -0.15) is 9.98 Å². The third-order valence-corrected chi connectivity index (χ3v) is 3.39. The summed E-state index contributed by atoms with van der Waals surface area (Å²) in [5.41, 5.74) is 2.88. The molecule has 0 saturated carbocycles. The molecule has 0 aromatic heterocycles. The topological polar surface area (TPSA) is 77.3 Å². The van der Waals surface area contributed by atoms with Crippen molar-refractivity contribution in [3.05, 3.63) is 47.5 Å². The molecule has 2 rings (SSSR count). The van der Waals surface area contributed by atoms with Gasteiger partial charge in [-0.15, -0.1) is 0 Å². The summed E-state index contributed by atoms with van der Waals surface area (Å²) in [4.78, 5) is 28.3. The first kappa shape index (κ1) is 18.1. The summed E-state index contributed by atoms with van der Waals surface area (Å²) < 4.78 is 11.1. The minimum atomic E-state index is 0.450. The molecular formula is C19H18N2O4. The zero-order chi connectivity index (χ0) is 18.1. The first-order chi connectivity index (χ1) is 12.2. The van der Waals surface area contributed by atoms with Gasteiger partial charge in [-0.25, -0.2) is 9.59 Å². The number of carbonyl (C=O) groups excluding carboxylic acids is 2. The maximum Gasteiger partial charge on any atom is 0.240 e. The largest absolute Gasteiger partial charge is 0.492 e. The van der Waals surface area contributed by atoms with Gasteiger partial charge in [-0.05, 0) is 55.7 Å². The molecule has 128 valence electrons. The first-order valence-corrected chi connectivity index (χ1v) is 7.89.